The molecule has 200 valence electrons. The summed E-state index contributed by atoms with van der Waals surface area (Å²) in [5, 5.41) is 0. The minimum Gasteiger partial charge on any atom is -0.460 e. The molecule has 0 spiro atoms. The predicted molar refractivity (Wildman–Crippen MR) is 151 cm³/mol. The maximum atomic E-state index is 12.9. The first kappa shape index (κ1) is 27.1. The Morgan fingerprint density at radius 1 is 0.769 bits per heavy atom. The zero-order valence-electron chi connectivity index (χ0n) is 21.6. The molecule has 2 aliphatic carbocycles. The number of hydrogen-bond acceptors (Lipinski definition) is 8. The van der Waals surface area contributed by atoms with Crippen LogP contribution in [0.25, 0.3) is 0 Å². The van der Waals surface area contributed by atoms with Crippen LogP contribution in [0.15, 0.2) is 88.7 Å². The number of rotatable bonds is 9. The van der Waals surface area contributed by atoms with Crippen molar-refractivity contribution in [1.82, 2.24) is 0 Å². The molecule has 1 saturated carbocycles. The second kappa shape index (κ2) is 12.1. The lowest BCUT2D eigenvalue weighted by molar-refractivity contribution is -0.150. The molecule has 0 radical (unpaired) electrons. The SMILES string of the molecule is CSc1ccc(C(=O)Oc2ccc(OC(=O)c3ccc(SC)cc3)c(COC(=O)C3CC4C=CC3C4)c2)cc1. The van der Waals surface area contributed by atoms with E-state index in [9.17, 15) is 14.4 Å². The first-order valence-corrected chi connectivity index (χ1v) is 15.1. The van der Waals surface area contributed by atoms with E-state index in [2.05, 4.69) is 12.2 Å². The summed E-state index contributed by atoms with van der Waals surface area (Å²) in [5.41, 5.74) is 1.24. The zero-order chi connectivity index (χ0) is 27.4. The van der Waals surface area contributed by atoms with Gasteiger partial charge in [0, 0.05) is 15.4 Å². The monoisotopic (exact) mass is 560 g/mol. The molecule has 0 amide bonds. The molecular weight excluding hydrogens is 532 g/mol. The van der Waals surface area contributed by atoms with Crippen molar-refractivity contribution in [2.45, 2.75) is 29.2 Å². The van der Waals surface area contributed by atoms with Crippen molar-refractivity contribution < 1.29 is 28.6 Å². The van der Waals surface area contributed by atoms with Gasteiger partial charge < -0.3 is 14.2 Å². The Bertz CT molecular complexity index is 1400. The van der Waals surface area contributed by atoms with E-state index in [0.717, 1.165) is 22.6 Å². The smallest absolute Gasteiger partial charge is 0.343 e. The molecule has 3 atom stereocenters. The van der Waals surface area contributed by atoms with Gasteiger partial charge in [-0.05, 0) is 104 Å². The largest absolute Gasteiger partial charge is 0.460 e. The number of carbonyl (C=O) groups excluding carboxylic acids is 3. The lowest BCUT2D eigenvalue weighted by Crippen LogP contribution is -2.21. The van der Waals surface area contributed by atoms with Crippen LogP contribution in [0, 0.1) is 17.8 Å². The molecule has 0 N–H and O–H groups in total. The maximum absolute atomic E-state index is 12.9. The highest BCUT2D eigenvalue weighted by Gasteiger charge is 2.40. The minimum atomic E-state index is -0.535. The van der Waals surface area contributed by atoms with Crippen LogP contribution < -0.4 is 9.47 Å². The van der Waals surface area contributed by atoms with Crippen LogP contribution in [-0.2, 0) is 16.1 Å². The normalized spacial score (nSPS) is 19.1. The molecule has 1 fully saturated rings. The van der Waals surface area contributed by atoms with Gasteiger partial charge >= 0.3 is 17.9 Å². The summed E-state index contributed by atoms with van der Waals surface area (Å²) < 4.78 is 17.0. The molecule has 3 aromatic carbocycles. The quantitative estimate of drug-likeness (QED) is 0.122. The van der Waals surface area contributed by atoms with E-state index in [4.69, 9.17) is 14.2 Å². The Labute approximate surface area is 236 Å². The second-order valence-corrected chi connectivity index (χ2v) is 11.3. The Balaban J connectivity index is 1.33. The van der Waals surface area contributed by atoms with Crippen molar-refractivity contribution >= 4 is 41.4 Å². The van der Waals surface area contributed by atoms with Gasteiger partial charge in [-0.1, -0.05) is 12.2 Å². The van der Waals surface area contributed by atoms with E-state index in [1.807, 2.05) is 36.8 Å². The van der Waals surface area contributed by atoms with Crippen LogP contribution >= 0.6 is 23.5 Å². The molecule has 3 aromatic rings. The van der Waals surface area contributed by atoms with Crippen molar-refractivity contribution in [2.24, 2.45) is 17.8 Å². The molecule has 0 aromatic heterocycles. The Morgan fingerprint density at radius 3 is 1.92 bits per heavy atom. The molecule has 8 heteroatoms. The van der Waals surface area contributed by atoms with Gasteiger partial charge in [-0.3, -0.25) is 4.79 Å². The molecule has 0 aliphatic heterocycles. The Hall–Kier alpha value is -3.49. The van der Waals surface area contributed by atoms with Crippen molar-refractivity contribution in [3.05, 3.63) is 95.6 Å². The summed E-state index contributed by atoms with van der Waals surface area (Å²) in [7, 11) is 0. The number of hydrogen-bond donors (Lipinski definition) is 0. The number of allylic oxidation sites excluding steroid dienone is 2. The molecule has 39 heavy (non-hydrogen) atoms. The Kier molecular flexibility index (Phi) is 8.43. The van der Waals surface area contributed by atoms with Crippen LogP contribution in [0.3, 0.4) is 0 Å². The van der Waals surface area contributed by atoms with Crippen molar-refractivity contribution in [3.8, 4) is 11.5 Å². The number of benzene rings is 3. The molecule has 0 heterocycles. The third-order valence-corrected chi connectivity index (χ3v) is 8.54. The van der Waals surface area contributed by atoms with Gasteiger partial charge in [-0.15, -0.1) is 23.5 Å². The minimum absolute atomic E-state index is 0.113. The zero-order valence-corrected chi connectivity index (χ0v) is 23.3. The third-order valence-electron chi connectivity index (χ3n) is 7.05. The number of thioether (sulfide) groups is 2. The average Bonchev–Trinajstić information content (AvgIpc) is 3.61. The number of carbonyl (C=O) groups is 3. The fraction of sp³-hybridized carbons (Fsp3) is 0.258. The standard InChI is InChI=1S/C31H28O6S2/c1-38-25-10-5-20(6-11-25)29(32)36-24-9-14-28(37-30(33)21-7-12-26(39-2)13-8-21)23(17-24)18-35-31(34)27-16-19-3-4-22(27)15-19/h3-14,17,19,22,27H,15-16,18H2,1-2H3. The maximum Gasteiger partial charge on any atom is 0.343 e. The average molecular weight is 561 g/mol. The van der Waals surface area contributed by atoms with E-state index in [1.165, 1.54) is 0 Å². The van der Waals surface area contributed by atoms with E-state index < -0.39 is 11.9 Å². The molecule has 2 aliphatic rings. The van der Waals surface area contributed by atoms with Crippen LogP contribution in [0.1, 0.15) is 39.1 Å². The van der Waals surface area contributed by atoms with Gasteiger partial charge in [0.2, 0.25) is 0 Å². The number of ether oxygens (including phenoxy) is 3. The summed E-state index contributed by atoms with van der Waals surface area (Å²) >= 11 is 3.16. The first-order valence-electron chi connectivity index (χ1n) is 12.6. The second-order valence-electron chi connectivity index (χ2n) is 9.50. The lowest BCUT2D eigenvalue weighted by Gasteiger charge is -2.18. The van der Waals surface area contributed by atoms with Gasteiger partial charge in [-0.2, -0.15) is 0 Å². The van der Waals surface area contributed by atoms with Crippen LogP contribution in [-0.4, -0.2) is 30.4 Å². The van der Waals surface area contributed by atoms with Crippen molar-refractivity contribution in [3.63, 3.8) is 0 Å². The molecular formula is C31H28O6S2. The lowest BCUT2D eigenvalue weighted by atomic mass is 9.94. The summed E-state index contributed by atoms with van der Waals surface area (Å²) in [4.78, 5) is 40.5. The summed E-state index contributed by atoms with van der Waals surface area (Å²) in [6, 6.07) is 18.9. The first-order chi connectivity index (χ1) is 18.9. The predicted octanol–water partition coefficient (Wildman–Crippen LogP) is 6.82. The summed E-state index contributed by atoms with van der Waals surface area (Å²) in [5.74, 6) is -0.335. The molecule has 6 nitrogen and oxygen atoms in total. The highest BCUT2D eigenvalue weighted by atomic mass is 32.2. The van der Waals surface area contributed by atoms with Gasteiger partial charge in [0.25, 0.3) is 0 Å². The molecule has 0 saturated heterocycles. The van der Waals surface area contributed by atoms with Crippen LogP contribution in [0.5, 0.6) is 11.5 Å². The topological polar surface area (TPSA) is 78.9 Å². The van der Waals surface area contributed by atoms with Crippen LogP contribution in [0.2, 0.25) is 0 Å². The van der Waals surface area contributed by atoms with Gasteiger partial charge in [-0.25, -0.2) is 9.59 Å². The summed E-state index contributed by atoms with van der Waals surface area (Å²) in [6.07, 6.45) is 9.97. The van der Waals surface area contributed by atoms with Crippen LogP contribution in [0.4, 0.5) is 0 Å². The molecule has 5 rings (SSSR count). The number of esters is 3. The molecule has 2 bridgehead atoms. The van der Waals surface area contributed by atoms with Gasteiger partial charge in [0.15, 0.2) is 0 Å². The van der Waals surface area contributed by atoms with E-state index in [1.54, 1.807) is 66.0 Å². The Morgan fingerprint density at radius 2 is 1.38 bits per heavy atom. The van der Waals surface area contributed by atoms with E-state index in [-0.39, 0.29) is 35.9 Å². The fourth-order valence-corrected chi connectivity index (χ4v) is 5.73. The van der Waals surface area contributed by atoms with Gasteiger partial charge in [0.1, 0.15) is 18.1 Å². The molecule has 3 unspecified atom stereocenters. The third kappa shape index (κ3) is 6.40. The van der Waals surface area contributed by atoms with Crippen molar-refractivity contribution in [1.29, 1.82) is 0 Å². The van der Waals surface area contributed by atoms with Gasteiger partial charge in [0.05, 0.1) is 17.0 Å². The van der Waals surface area contributed by atoms with E-state index >= 15 is 0 Å². The van der Waals surface area contributed by atoms with E-state index in [0.29, 0.717) is 22.6 Å². The number of fused-ring (bicyclic) bond motifs is 2. The highest BCUT2D eigenvalue weighted by molar-refractivity contribution is 7.98. The highest BCUT2D eigenvalue weighted by Crippen LogP contribution is 2.44. The van der Waals surface area contributed by atoms with Crippen molar-refractivity contribution in [2.75, 3.05) is 12.5 Å². The summed E-state index contributed by atoms with van der Waals surface area (Å²) in [6.45, 7) is -0.113. The fourth-order valence-electron chi connectivity index (χ4n) is 4.92.